The highest BCUT2D eigenvalue weighted by Gasteiger charge is 2.32. The minimum Gasteiger partial charge on any atom is -0.497 e. The van der Waals surface area contributed by atoms with Gasteiger partial charge in [-0.2, -0.15) is 0 Å². The van der Waals surface area contributed by atoms with Gasteiger partial charge in [-0.05, 0) is 56.0 Å². The summed E-state index contributed by atoms with van der Waals surface area (Å²) in [6.07, 6.45) is 3.08. The van der Waals surface area contributed by atoms with Crippen molar-refractivity contribution in [2.24, 2.45) is 0 Å². The molecule has 2 aromatic carbocycles. The van der Waals surface area contributed by atoms with Gasteiger partial charge in [0.1, 0.15) is 18.1 Å². The summed E-state index contributed by atoms with van der Waals surface area (Å²) in [4.78, 5) is 56.9. The van der Waals surface area contributed by atoms with Crippen molar-refractivity contribution in [1.29, 1.82) is 0 Å². The van der Waals surface area contributed by atoms with E-state index in [1.165, 1.54) is 31.5 Å². The van der Waals surface area contributed by atoms with Gasteiger partial charge < -0.3 is 24.6 Å². The monoisotopic (exact) mass is 627 g/mol. The SMILES string of the molecule is COC[C@H](C)n1c(=O)c(-c2cccc(F)c2Cl)cn(CC(=O)N2CCC(N3CCc4cc(OC)ccc4NC3=O)CC2)c1=O. The molecular formula is C31H35ClFN5O6. The molecule has 0 radical (unpaired) electrons. The summed E-state index contributed by atoms with van der Waals surface area (Å²) in [6.45, 7) is 2.71. The van der Waals surface area contributed by atoms with Gasteiger partial charge in [0, 0.05) is 50.2 Å². The zero-order valence-corrected chi connectivity index (χ0v) is 25.6. The number of anilines is 1. The molecule has 1 atom stereocenters. The number of amides is 3. The van der Waals surface area contributed by atoms with Crippen LogP contribution >= 0.6 is 11.6 Å². The standard InChI is InChI=1S/C31H35ClFN5O6/c1-19(18-43-2)38-29(40)24(23-5-4-6-25(33)28(23)32)16-36(31(38)42)17-27(39)35-12-10-21(11-13-35)37-14-9-20-15-22(44-3)7-8-26(20)34-30(37)41/h4-8,15-16,19,21H,9-14,17-18H2,1-3H3,(H,34,41)/t19-/m0/s1. The van der Waals surface area contributed by atoms with Crippen molar-refractivity contribution in [3.8, 4) is 16.9 Å². The van der Waals surface area contributed by atoms with Crippen molar-refractivity contribution < 1.29 is 23.5 Å². The second-order valence-electron chi connectivity index (χ2n) is 11.0. The molecule has 44 heavy (non-hydrogen) atoms. The first kappa shape index (κ1) is 31.3. The third kappa shape index (κ3) is 6.22. The molecule has 0 spiro atoms. The van der Waals surface area contributed by atoms with Crippen molar-refractivity contribution >= 4 is 29.2 Å². The van der Waals surface area contributed by atoms with Crippen LogP contribution in [0, 0.1) is 5.82 Å². The Balaban J connectivity index is 1.32. The number of halogens is 2. The van der Waals surface area contributed by atoms with Crippen molar-refractivity contribution in [1.82, 2.24) is 18.9 Å². The van der Waals surface area contributed by atoms with Gasteiger partial charge in [-0.3, -0.25) is 18.7 Å². The van der Waals surface area contributed by atoms with Gasteiger partial charge in [-0.1, -0.05) is 23.7 Å². The minimum absolute atomic E-state index is 0.00523. The molecule has 1 saturated heterocycles. The maximum absolute atomic E-state index is 14.3. The number of nitrogens with zero attached hydrogens (tertiary/aromatic N) is 4. The van der Waals surface area contributed by atoms with E-state index in [-0.39, 0.29) is 47.3 Å². The van der Waals surface area contributed by atoms with Crippen LogP contribution in [-0.4, -0.2) is 77.4 Å². The largest absolute Gasteiger partial charge is 0.497 e. The quantitative estimate of drug-likeness (QED) is 0.407. The van der Waals surface area contributed by atoms with Gasteiger partial charge in [-0.15, -0.1) is 0 Å². The summed E-state index contributed by atoms with van der Waals surface area (Å²) in [5.74, 6) is -0.295. The zero-order valence-electron chi connectivity index (χ0n) is 24.8. The van der Waals surface area contributed by atoms with Crippen LogP contribution in [0.15, 0.2) is 52.2 Å². The number of aromatic nitrogens is 2. The van der Waals surface area contributed by atoms with Gasteiger partial charge in [0.25, 0.3) is 5.56 Å². The number of nitrogens with one attached hydrogen (secondary N) is 1. The van der Waals surface area contributed by atoms with Crippen molar-refractivity contribution in [2.75, 3.05) is 45.8 Å². The van der Waals surface area contributed by atoms with Crippen LogP contribution in [0.2, 0.25) is 5.02 Å². The third-order valence-electron chi connectivity index (χ3n) is 8.28. The highest BCUT2D eigenvalue weighted by Crippen LogP contribution is 2.29. The first-order chi connectivity index (χ1) is 21.1. The fourth-order valence-electron chi connectivity index (χ4n) is 5.91. The van der Waals surface area contributed by atoms with Crippen LogP contribution in [0.1, 0.15) is 31.4 Å². The molecule has 5 rings (SSSR count). The molecule has 1 aromatic heterocycles. The summed E-state index contributed by atoms with van der Waals surface area (Å²) < 4.78 is 27.0. The molecule has 11 nitrogen and oxygen atoms in total. The number of urea groups is 1. The average molecular weight is 628 g/mol. The highest BCUT2D eigenvalue weighted by atomic mass is 35.5. The van der Waals surface area contributed by atoms with Crippen LogP contribution < -0.4 is 21.3 Å². The molecule has 3 amide bonds. The van der Waals surface area contributed by atoms with Gasteiger partial charge in [0.15, 0.2) is 0 Å². The molecule has 0 saturated carbocycles. The molecule has 0 unspecified atom stereocenters. The molecular weight excluding hydrogens is 593 g/mol. The van der Waals surface area contributed by atoms with E-state index in [1.807, 2.05) is 23.1 Å². The highest BCUT2D eigenvalue weighted by molar-refractivity contribution is 6.33. The van der Waals surface area contributed by atoms with Crippen LogP contribution in [0.5, 0.6) is 5.75 Å². The number of carbonyl (C=O) groups is 2. The smallest absolute Gasteiger partial charge is 0.331 e. The number of benzene rings is 2. The van der Waals surface area contributed by atoms with E-state index >= 15 is 0 Å². The van der Waals surface area contributed by atoms with Crippen LogP contribution in [0.4, 0.5) is 14.9 Å². The number of fused-ring (bicyclic) bond motifs is 1. The number of hydrogen-bond donors (Lipinski definition) is 1. The predicted molar refractivity (Wildman–Crippen MR) is 164 cm³/mol. The Kier molecular flexibility index (Phi) is 9.40. The lowest BCUT2D eigenvalue weighted by Gasteiger charge is -2.38. The molecule has 2 aliphatic heterocycles. The summed E-state index contributed by atoms with van der Waals surface area (Å²) in [6, 6.07) is 8.76. The molecule has 2 aliphatic rings. The zero-order chi connectivity index (χ0) is 31.5. The van der Waals surface area contributed by atoms with E-state index in [0.717, 1.165) is 26.1 Å². The van der Waals surface area contributed by atoms with E-state index in [2.05, 4.69) is 5.32 Å². The van der Waals surface area contributed by atoms with Crippen LogP contribution in [0.3, 0.4) is 0 Å². The van der Waals surface area contributed by atoms with Crippen molar-refractivity contribution in [2.45, 2.75) is 44.8 Å². The van der Waals surface area contributed by atoms with E-state index in [4.69, 9.17) is 21.1 Å². The molecule has 0 bridgehead atoms. The van der Waals surface area contributed by atoms with E-state index < -0.39 is 23.1 Å². The maximum Gasteiger partial charge on any atom is 0.331 e. The number of piperidine rings is 1. The first-order valence-corrected chi connectivity index (χ1v) is 14.8. The first-order valence-electron chi connectivity index (χ1n) is 14.4. The Morgan fingerprint density at radius 1 is 1.09 bits per heavy atom. The lowest BCUT2D eigenvalue weighted by atomic mass is 10.0. The Labute approximate surface area is 258 Å². The molecule has 3 aromatic rings. The molecule has 3 heterocycles. The lowest BCUT2D eigenvalue weighted by Crippen LogP contribution is -2.51. The number of carbonyl (C=O) groups excluding carboxylic acids is 2. The third-order valence-corrected chi connectivity index (χ3v) is 8.66. The maximum atomic E-state index is 14.3. The number of likely N-dealkylation sites (tertiary alicyclic amines) is 1. The van der Waals surface area contributed by atoms with Gasteiger partial charge in [0.05, 0.1) is 30.3 Å². The second-order valence-corrected chi connectivity index (χ2v) is 11.4. The van der Waals surface area contributed by atoms with Crippen LogP contribution in [-0.2, 0) is 22.5 Å². The normalized spacial score (nSPS) is 16.2. The van der Waals surface area contributed by atoms with Gasteiger partial charge in [-0.25, -0.2) is 14.0 Å². The minimum atomic E-state index is -0.710. The van der Waals surface area contributed by atoms with Crippen molar-refractivity contribution in [3.63, 3.8) is 0 Å². The molecule has 13 heteroatoms. The summed E-state index contributed by atoms with van der Waals surface area (Å²) >= 11 is 6.20. The van der Waals surface area contributed by atoms with E-state index in [1.54, 1.807) is 18.9 Å². The fraction of sp³-hybridized carbons (Fsp3) is 0.419. The number of hydrogen-bond acceptors (Lipinski definition) is 6. The number of rotatable bonds is 8. The lowest BCUT2D eigenvalue weighted by molar-refractivity contribution is -0.133. The molecule has 1 N–H and O–H groups in total. The molecule has 0 aliphatic carbocycles. The predicted octanol–water partition coefficient (Wildman–Crippen LogP) is 3.77. The summed E-state index contributed by atoms with van der Waals surface area (Å²) in [5, 5.41) is 2.74. The van der Waals surface area contributed by atoms with E-state index in [0.29, 0.717) is 38.9 Å². The topological polar surface area (TPSA) is 115 Å². The van der Waals surface area contributed by atoms with E-state index in [9.17, 15) is 23.6 Å². The summed E-state index contributed by atoms with van der Waals surface area (Å²) in [7, 11) is 3.05. The summed E-state index contributed by atoms with van der Waals surface area (Å²) in [5.41, 5.74) is 0.529. The Morgan fingerprint density at radius 2 is 1.84 bits per heavy atom. The van der Waals surface area contributed by atoms with Gasteiger partial charge in [0.2, 0.25) is 5.91 Å². The molecule has 234 valence electrons. The van der Waals surface area contributed by atoms with Crippen molar-refractivity contribution in [3.05, 3.63) is 79.8 Å². The Hall–Kier alpha value is -4.16. The fourth-order valence-corrected chi connectivity index (χ4v) is 6.14. The van der Waals surface area contributed by atoms with Gasteiger partial charge >= 0.3 is 11.7 Å². The second kappa shape index (κ2) is 13.2. The van der Waals surface area contributed by atoms with Crippen LogP contribution in [0.25, 0.3) is 11.1 Å². The number of methoxy groups -OCH3 is 2. The number of ether oxygens (including phenoxy) is 2. The average Bonchev–Trinajstić information content (AvgIpc) is 3.17. The Morgan fingerprint density at radius 3 is 2.55 bits per heavy atom. The molecule has 1 fully saturated rings. The Bertz CT molecular complexity index is 1680.